The van der Waals surface area contributed by atoms with Gasteiger partial charge in [0.25, 0.3) is 0 Å². The van der Waals surface area contributed by atoms with Crippen LogP contribution >= 0.6 is 57.9 Å². The van der Waals surface area contributed by atoms with Crippen LogP contribution in [0.15, 0.2) is 0 Å². The fraction of sp³-hybridized carbons (Fsp3) is 0. The molecule has 0 aromatic rings. The normalized spacial score (nSPS) is 0. The van der Waals surface area contributed by atoms with Crippen LogP contribution in [0.5, 0.6) is 0 Å². The Morgan fingerprint density at radius 3 is 1.00 bits per heavy atom. The van der Waals surface area contributed by atoms with Crippen LogP contribution in [0.25, 0.3) is 0 Å². The van der Waals surface area contributed by atoms with Gasteiger partial charge in [0.2, 0.25) is 0 Å². The van der Waals surface area contributed by atoms with Gasteiger partial charge in [0.1, 0.15) is 0 Å². The molecule has 0 aromatic carbocycles. The summed E-state index contributed by atoms with van der Waals surface area (Å²) in [4.78, 5) is 0. The fourth-order valence-corrected chi connectivity index (χ4v) is 0. The van der Waals surface area contributed by atoms with Crippen LogP contribution in [0, 0.1) is 0 Å². The van der Waals surface area contributed by atoms with Gasteiger partial charge in [-0.1, -0.05) is 0 Å². The fourth-order valence-electron chi connectivity index (χ4n) is 0. The molecule has 0 bridgehead atoms. The molecular formula is H6Br2CsIPb. The summed E-state index contributed by atoms with van der Waals surface area (Å²) in [6.45, 7) is 0. The molecule has 0 N–H and O–H groups in total. The van der Waals surface area contributed by atoms with Gasteiger partial charge in [0, 0.05) is 0 Å². The van der Waals surface area contributed by atoms with Crippen LogP contribution in [0.4, 0.5) is 0 Å². The van der Waals surface area contributed by atoms with E-state index in [9.17, 15) is 0 Å². The van der Waals surface area contributed by atoms with Gasteiger partial charge in [0.15, 0.2) is 0 Å². The molecule has 0 amide bonds. The molecule has 0 rings (SSSR count). The van der Waals surface area contributed by atoms with E-state index in [1.165, 1.54) is 0 Å². The molecule has 0 aliphatic heterocycles. The van der Waals surface area contributed by atoms with Crippen molar-refractivity contribution in [3.05, 3.63) is 0 Å². The monoisotopic (exact) mass is 632 g/mol. The van der Waals surface area contributed by atoms with Gasteiger partial charge >= 0.3 is 96.2 Å². The summed E-state index contributed by atoms with van der Waals surface area (Å²) in [5.74, 6) is 0. The van der Waals surface area contributed by atoms with E-state index >= 15 is 0 Å². The van der Waals surface area contributed by atoms with Gasteiger partial charge in [-0.2, -0.15) is 0 Å². The summed E-state index contributed by atoms with van der Waals surface area (Å²) in [5.41, 5.74) is 0. The van der Waals surface area contributed by atoms with Crippen LogP contribution in [0.2, 0.25) is 0 Å². The quantitative estimate of drug-likeness (QED) is 0.214. The molecule has 0 fully saturated rings. The van der Waals surface area contributed by atoms with Crippen molar-refractivity contribution >= 4 is 85.2 Å². The van der Waals surface area contributed by atoms with E-state index in [1.54, 1.807) is 0 Å². The second-order valence-corrected chi connectivity index (χ2v) is 0. The van der Waals surface area contributed by atoms with Crippen LogP contribution in [-0.4, -0.2) is 27.3 Å². The van der Waals surface area contributed by atoms with Crippen LogP contribution in [0.1, 0.15) is 1.43 Å². The average Bonchev–Trinajstić information content (AvgIpc) is 0. The van der Waals surface area contributed by atoms with E-state index in [-0.39, 0.29) is 156 Å². The predicted octanol–water partition coefficient (Wildman–Crippen LogP) is -2.03. The molecule has 0 saturated carbocycles. The van der Waals surface area contributed by atoms with E-state index in [0.29, 0.717) is 0 Å². The number of hydrogen-bond donors (Lipinski definition) is 0. The van der Waals surface area contributed by atoms with E-state index in [4.69, 9.17) is 0 Å². The maximum atomic E-state index is 0. The summed E-state index contributed by atoms with van der Waals surface area (Å²) in [6.07, 6.45) is 0. The zero-order valence-electron chi connectivity index (χ0n) is 3.93. The molecule has 0 aromatic heterocycles. The second kappa shape index (κ2) is 23.4. The van der Waals surface area contributed by atoms with Gasteiger partial charge in [-0.3, -0.25) is 0 Å². The molecule has 5 heavy (non-hydrogen) atoms. The van der Waals surface area contributed by atoms with E-state index in [1.807, 2.05) is 0 Å². The maximum absolute atomic E-state index is 0. The standard InChI is InChI=1S/2BrH.Cs.HI.Pb.3H/h2*1H;;1H;;;;/q;;+1;;;;;-1. The second-order valence-electron chi connectivity index (χ2n) is 0. The summed E-state index contributed by atoms with van der Waals surface area (Å²) in [7, 11) is 0. The molecule has 32 valence electrons. The van der Waals surface area contributed by atoms with Crippen LogP contribution in [0.3, 0.4) is 0 Å². The van der Waals surface area contributed by atoms with Crippen molar-refractivity contribution < 1.29 is 70.3 Å². The average molecular weight is 633 g/mol. The molecule has 0 aliphatic carbocycles. The van der Waals surface area contributed by atoms with Crippen molar-refractivity contribution in [2.24, 2.45) is 0 Å². The molecule has 0 nitrogen and oxygen atoms in total. The van der Waals surface area contributed by atoms with Crippen LogP contribution in [-0.2, 0) is 0 Å². The Morgan fingerprint density at radius 2 is 1.00 bits per heavy atom. The van der Waals surface area contributed by atoms with E-state index < -0.39 is 0 Å². The Morgan fingerprint density at radius 1 is 1.00 bits per heavy atom. The third-order valence-corrected chi connectivity index (χ3v) is 0. The van der Waals surface area contributed by atoms with Gasteiger partial charge in [-0.25, -0.2) is 0 Å². The first-order valence-electron chi connectivity index (χ1n) is 0. The Hall–Kier alpha value is 4.66. The van der Waals surface area contributed by atoms with Crippen molar-refractivity contribution in [1.82, 2.24) is 0 Å². The summed E-state index contributed by atoms with van der Waals surface area (Å²) >= 11 is 0. The molecule has 5 heteroatoms. The van der Waals surface area contributed by atoms with Gasteiger partial charge < -0.3 is 1.43 Å². The minimum absolute atomic E-state index is 0. The van der Waals surface area contributed by atoms with Crippen LogP contribution < -0.4 is 68.9 Å². The van der Waals surface area contributed by atoms with Crippen molar-refractivity contribution in [2.45, 2.75) is 0 Å². The van der Waals surface area contributed by atoms with Gasteiger partial charge in [-0.05, 0) is 0 Å². The van der Waals surface area contributed by atoms with Gasteiger partial charge in [0.05, 0.1) is 0 Å². The summed E-state index contributed by atoms with van der Waals surface area (Å²) in [5, 5.41) is 0. The molecule has 0 saturated heterocycles. The molecular weight excluding hydrogens is 627 g/mol. The Labute approximate surface area is 151 Å². The zero-order valence-corrected chi connectivity index (χ0v) is 20.5. The molecule has 0 atom stereocenters. The number of rotatable bonds is 0. The Balaban J connectivity index is 0. The van der Waals surface area contributed by atoms with E-state index in [0.717, 1.165) is 0 Å². The first-order valence-corrected chi connectivity index (χ1v) is 0. The van der Waals surface area contributed by atoms with Gasteiger partial charge in [-0.15, -0.1) is 57.9 Å². The zero-order chi connectivity index (χ0) is 0. The molecule has 0 unspecified atom stereocenters. The summed E-state index contributed by atoms with van der Waals surface area (Å²) < 4.78 is 0. The van der Waals surface area contributed by atoms with Crippen molar-refractivity contribution in [1.29, 1.82) is 0 Å². The Kier molecular flexibility index (Phi) is 156. The molecule has 0 spiro atoms. The molecule has 2 radical (unpaired) electrons. The molecule has 0 aliphatic rings. The third kappa shape index (κ3) is 17.7. The number of halogens is 3. The first kappa shape index (κ1) is 33.3. The molecule has 0 heterocycles. The van der Waals surface area contributed by atoms with Crippen molar-refractivity contribution in [3.63, 3.8) is 0 Å². The summed E-state index contributed by atoms with van der Waals surface area (Å²) in [6, 6.07) is 0. The topological polar surface area (TPSA) is 0 Å². The van der Waals surface area contributed by atoms with Crippen molar-refractivity contribution in [3.8, 4) is 0 Å². The Bertz CT molecular complexity index is 13.5. The van der Waals surface area contributed by atoms with E-state index in [2.05, 4.69) is 0 Å². The third-order valence-electron chi connectivity index (χ3n) is 0. The minimum atomic E-state index is 0. The van der Waals surface area contributed by atoms with Crippen molar-refractivity contribution in [2.75, 3.05) is 0 Å². The first-order chi connectivity index (χ1) is 0. The SMILES string of the molecule is Br.Br.I.[Cs+].[H-].[PbH2]. The number of hydrogen-bond acceptors (Lipinski definition) is 0. The predicted molar refractivity (Wildman–Crippen MR) is 45.7 cm³/mol.